The molecule has 0 saturated carbocycles. The number of aromatic nitrogens is 4. The van der Waals surface area contributed by atoms with Crippen LogP contribution in [-0.2, 0) is 11.3 Å². The van der Waals surface area contributed by atoms with Crippen molar-refractivity contribution in [1.82, 2.24) is 20.0 Å². The number of hydrogen-bond donors (Lipinski definition) is 1. The number of hydrogen-bond acceptors (Lipinski definition) is 5. The van der Waals surface area contributed by atoms with Gasteiger partial charge < -0.3 is 5.32 Å². The Balaban J connectivity index is 1.44. The number of pyridine rings is 1. The summed E-state index contributed by atoms with van der Waals surface area (Å²) in [6.07, 6.45) is 6.07. The first-order chi connectivity index (χ1) is 12.2. The van der Waals surface area contributed by atoms with Crippen LogP contribution in [0, 0.1) is 0 Å². The second-order valence-corrected chi connectivity index (χ2v) is 5.74. The molecule has 3 aromatic rings. The average molecular weight is 337 g/mol. The minimum Gasteiger partial charge on any atom is -0.325 e. The Kier molecular flexibility index (Phi) is 5.46. The van der Waals surface area contributed by atoms with Gasteiger partial charge in [0.05, 0.1) is 17.3 Å². The van der Waals surface area contributed by atoms with Gasteiger partial charge in [-0.15, -0.1) is 5.10 Å². The van der Waals surface area contributed by atoms with Crippen molar-refractivity contribution in [3.05, 3.63) is 59.1 Å². The van der Waals surface area contributed by atoms with E-state index < -0.39 is 0 Å². The van der Waals surface area contributed by atoms with Crippen molar-refractivity contribution in [2.24, 2.45) is 0 Å². The van der Waals surface area contributed by atoms with E-state index in [1.165, 1.54) is 4.68 Å². The van der Waals surface area contributed by atoms with Gasteiger partial charge in [-0.1, -0.05) is 23.8 Å². The lowest BCUT2D eigenvalue weighted by Crippen LogP contribution is -2.24. The van der Waals surface area contributed by atoms with E-state index >= 15 is 0 Å². The topological polar surface area (TPSA) is 89.8 Å². The summed E-state index contributed by atoms with van der Waals surface area (Å²) in [7, 11) is 0. The monoisotopic (exact) mass is 337 g/mol. The summed E-state index contributed by atoms with van der Waals surface area (Å²) in [6.45, 7) is 0.501. The van der Waals surface area contributed by atoms with Crippen LogP contribution in [0.5, 0.6) is 0 Å². The summed E-state index contributed by atoms with van der Waals surface area (Å²) in [5.74, 6) is -0.0318. The minimum atomic E-state index is -0.125. The fourth-order valence-corrected chi connectivity index (χ4v) is 2.55. The SMILES string of the molecule is O=C(CCCCCn1nnc2ccccc2c1=O)Nc1cccnc1. The lowest BCUT2D eigenvalue weighted by molar-refractivity contribution is -0.116. The van der Waals surface area contributed by atoms with E-state index in [4.69, 9.17) is 0 Å². The van der Waals surface area contributed by atoms with E-state index in [0.29, 0.717) is 29.6 Å². The Bertz CT molecular complexity index is 908. The number of anilines is 1. The third-order valence-corrected chi connectivity index (χ3v) is 3.85. The Hall–Kier alpha value is -3.09. The van der Waals surface area contributed by atoms with Crippen LogP contribution >= 0.6 is 0 Å². The highest BCUT2D eigenvalue weighted by molar-refractivity contribution is 5.90. The Morgan fingerprint density at radius 1 is 1.08 bits per heavy atom. The number of rotatable bonds is 7. The fourth-order valence-electron chi connectivity index (χ4n) is 2.55. The van der Waals surface area contributed by atoms with Gasteiger partial charge in [0.15, 0.2) is 0 Å². The molecular weight excluding hydrogens is 318 g/mol. The quantitative estimate of drug-likeness (QED) is 0.669. The maximum atomic E-state index is 12.3. The van der Waals surface area contributed by atoms with Crippen molar-refractivity contribution in [2.75, 3.05) is 5.32 Å². The molecule has 3 rings (SSSR count). The van der Waals surface area contributed by atoms with Crippen molar-refractivity contribution in [3.8, 4) is 0 Å². The Morgan fingerprint density at radius 3 is 2.80 bits per heavy atom. The molecule has 0 atom stereocenters. The number of carbonyl (C=O) groups excluding carboxylic acids is 1. The molecule has 1 N–H and O–H groups in total. The molecule has 128 valence electrons. The lowest BCUT2D eigenvalue weighted by atomic mass is 10.2. The van der Waals surface area contributed by atoms with E-state index in [1.54, 1.807) is 36.7 Å². The summed E-state index contributed by atoms with van der Waals surface area (Å²) < 4.78 is 1.39. The number of unbranched alkanes of at least 4 members (excludes halogenated alkanes) is 2. The number of fused-ring (bicyclic) bond motifs is 1. The van der Waals surface area contributed by atoms with Gasteiger partial charge in [0.1, 0.15) is 5.52 Å². The number of carbonyl (C=O) groups is 1. The summed E-state index contributed by atoms with van der Waals surface area (Å²) in [5, 5.41) is 11.4. The molecule has 0 bridgehead atoms. The fraction of sp³-hybridized carbons (Fsp3) is 0.278. The van der Waals surface area contributed by atoms with E-state index in [1.807, 2.05) is 12.1 Å². The first kappa shape index (κ1) is 16.8. The van der Waals surface area contributed by atoms with Gasteiger partial charge in [0.25, 0.3) is 5.56 Å². The molecule has 0 aliphatic carbocycles. The van der Waals surface area contributed by atoms with Crippen LogP contribution < -0.4 is 10.9 Å². The van der Waals surface area contributed by atoms with E-state index in [2.05, 4.69) is 20.6 Å². The standard InChI is InChI=1S/C18H19N5O2/c24-17(20-14-7-6-11-19-13-14)10-2-1-5-12-23-18(25)15-8-3-4-9-16(15)21-22-23/h3-4,6-9,11,13H,1-2,5,10,12H2,(H,20,24). The van der Waals surface area contributed by atoms with E-state index in [9.17, 15) is 9.59 Å². The smallest absolute Gasteiger partial charge is 0.277 e. The first-order valence-corrected chi connectivity index (χ1v) is 8.26. The molecule has 7 nitrogen and oxygen atoms in total. The molecule has 25 heavy (non-hydrogen) atoms. The second kappa shape index (κ2) is 8.14. The Labute approximate surface area is 144 Å². The van der Waals surface area contributed by atoms with Crippen LogP contribution in [0.4, 0.5) is 5.69 Å². The predicted molar refractivity (Wildman–Crippen MR) is 95.1 cm³/mol. The number of nitrogens with one attached hydrogen (secondary N) is 1. The summed E-state index contributed by atoms with van der Waals surface area (Å²) in [5.41, 5.74) is 1.18. The van der Waals surface area contributed by atoms with Gasteiger partial charge in [0, 0.05) is 19.2 Å². The number of aryl methyl sites for hydroxylation is 1. The van der Waals surface area contributed by atoms with Gasteiger partial charge in [-0.2, -0.15) is 0 Å². The van der Waals surface area contributed by atoms with Gasteiger partial charge in [-0.3, -0.25) is 14.6 Å². The minimum absolute atomic E-state index is 0.0318. The maximum Gasteiger partial charge on any atom is 0.277 e. The normalized spacial score (nSPS) is 10.7. The zero-order valence-electron chi connectivity index (χ0n) is 13.8. The third kappa shape index (κ3) is 4.47. The molecule has 2 heterocycles. The van der Waals surface area contributed by atoms with Crippen LogP contribution in [0.25, 0.3) is 10.9 Å². The molecule has 1 amide bonds. The zero-order chi connectivity index (χ0) is 17.5. The number of nitrogens with zero attached hydrogens (tertiary/aromatic N) is 4. The second-order valence-electron chi connectivity index (χ2n) is 5.74. The molecule has 1 aromatic carbocycles. The largest absolute Gasteiger partial charge is 0.325 e. The summed E-state index contributed by atoms with van der Waals surface area (Å²) >= 11 is 0. The highest BCUT2D eigenvalue weighted by Crippen LogP contribution is 2.07. The molecule has 0 saturated heterocycles. The molecule has 0 spiro atoms. The Morgan fingerprint density at radius 2 is 1.96 bits per heavy atom. The van der Waals surface area contributed by atoms with Crippen molar-refractivity contribution < 1.29 is 4.79 Å². The summed E-state index contributed by atoms with van der Waals surface area (Å²) in [4.78, 5) is 28.1. The van der Waals surface area contributed by atoms with Crippen LogP contribution in [0.3, 0.4) is 0 Å². The molecule has 2 aromatic heterocycles. The molecule has 0 radical (unpaired) electrons. The molecule has 0 unspecified atom stereocenters. The number of amides is 1. The predicted octanol–water partition coefficient (Wildman–Crippen LogP) is 2.39. The van der Waals surface area contributed by atoms with Crippen LogP contribution in [-0.4, -0.2) is 25.9 Å². The van der Waals surface area contributed by atoms with Crippen LogP contribution in [0.15, 0.2) is 53.6 Å². The van der Waals surface area contributed by atoms with Crippen molar-refractivity contribution >= 4 is 22.5 Å². The van der Waals surface area contributed by atoms with Gasteiger partial charge in [-0.05, 0) is 37.1 Å². The third-order valence-electron chi connectivity index (χ3n) is 3.85. The molecule has 7 heteroatoms. The van der Waals surface area contributed by atoms with Crippen LogP contribution in [0.2, 0.25) is 0 Å². The zero-order valence-corrected chi connectivity index (χ0v) is 13.8. The van der Waals surface area contributed by atoms with Crippen molar-refractivity contribution in [2.45, 2.75) is 32.2 Å². The highest BCUT2D eigenvalue weighted by atomic mass is 16.1. The van der Waals surface area contributed by atoms with Crippen molar-refractivity contribution in [1.29, 1.82) is 0 Å². The maximum absolute atomic E-state index is 12.3. The van der Waals surface area contributed by atoms with E-state index in [0.717, 1.165) is 19.3 Å². The highest BCUT2D eigenvalue weighted by Gasteiger charge is 2.05. The van der Waals surface area contributed by atoms with Crippen LogP contribution in [0.1, 0.15) is 25.7 Å². The molecule has 0 aliphatic rings. The lowest BCUT2D eigenvalue weighted by Gasteiger charge is -2.06. The number of benzene rings is 1. The average Bonchev–Trinajstić information content (AvgIpc) is 2.64. The van der Waals surface area contributed by atoms with E-state index in [-0.39, 0.29) is 11.5 Å². The van der Waals surface area contributed by atoms with Crippen molar-refractivity contribution in [3.63, 3.8) is 0 Å². The molecule has 0 fully saturated rings. The van der Waals surface area contributed by atoms with Gasteiger partial charge in [0.2, 0.25) is 5.91 Å². The molecule has 0 aliphatic heterocycles. The molecular formula is C18H19N5O2. The van der Waals surface area contributed by atoms with Gasteiger partial charge in [-0.25, -0.2) is 4.68 Å². The first-order valence-electron chi connectivity index (χ1n) is 8.26. The summed E-state index contributed by atoms with van der Waals surface area (Å²) in [6, 6.07) is 10.8. The van der Waals surface area contributed by atoms with Gasteiger partial charge >= 0.3 is 0 Å².